The van der Waals surface area contributed by atoms with Crippen LogP contribution in [0.25, 0.3) is 5.69 Å². The summed E-state index contributed by atoms with van der Waals surface area (Å²) in [5.74, 6) is -4.16. The number of primary amides is 1. The van der Waals surface area contributed by atoms with Crippen LogP contribution in [0.3, 0.4) is 0 Å². The van der Waals surface area contributed by atoms with Crippen molar-refractivity contribution in [3.63, 3.8) is 0 Å². The Bertz CT molecular complexity index is 1160. The number of nitrogens with one attached hydrogen (secondary N) is 2. The largest absolute Gasteiger partial charge is 0.364 e. The van der Waals surface area contributed by atoms with Crippen molar-refractivity contribution in [2.45, 2.75) is 6.92 Å². The average Bonchev–Trinajstić information content (AvgIpc) is 3.16. The number of benzene rings is 2. The van der Waals surface area contributed by atoms with Crippen molar-refractivity contribution in [2.24, 2.45) is 5.73 Å². The minimum Gasteiger partial charge on any atom is -0.364 e. The van der Waals surface area contributed by atoms with Crippen molar-refractivity contribution in [3.05, 3.63) is 76.9 Å². The van der Waals surface area contributed by atoms with Crippen LogP contribution in [0.1, 0.15) is 36.9 Å². The molecule has 0 aliphatic heterocycles. The van der Waals surface area contributed by atoms with Crippen LogP contribution in [0.2, 0.25) is 0 Å². The van der Waals surface area contributed by atoms with Crippen molar-refractivity contribution in [3.8, 4) is 5.69 Å². The molecule has 0 atom stereocenters. The fourth-order valence-electron chi connectivity index (χ4n) is 2.86. The average molecular weight is 413 g/mol. The molecule has 2 aromatic carbocycles. The van der Waals surface area contributed by atoms with Crippen molar-refractivity contribution < 1.29 is 23.2 Å². The third-order valence-electron chi connectivity index (χ3n) is 4.36. The molecule has 3 rings (SSSR count). The molecule has 1 aromatic heterocycles. The number of aryl methyl sites for hydroxylation is 1. The minimum absolute atomic E-state index is 0.00109. The van der Waals surface area contributed by atoms with E-state index >= 15 is 0 Å². The first-order valence-electron chi connectivity index (χ1n) is 8.69. The maximum absolute atomic E-state index is 13.5. The lowest BCUT2D eigenvalue weighted by Gasteiger charge is -2.10. The molecule has 3 aromatic rings. The summed E-state index contributed by atoms with van der Waals surface area (Å²) >= 11 is 0. The van der Waals surface area contributed by atoms with Crippen molar-refractivity contribution >= 4 is 23.4 Å². The normalized spacial score (nSPS) is 10.5. The first-order chi connectivity index (χ1) is 14.2. The van der Waals surface area contributed by atoms with Gasteiger partial charge in [-0.1, -0.05) is 0 Å². The number of halogens is 2. The summed E-state index contributed by atoms with van der Waals surface area (Å²) in [6, 6.07) is 7.98. The highest BCUT2D eigenvalue weighted by atomic mass is 19.2. The number of nitrogens with zero attached hydrogens (tertiary/aromatic N) is 2. The third-order valence-corrected chi connectivity index (χ3v) is 4.36. The standard InChI is InChI=1S/C20H17F2N5O3/c1-10-7-14(21)15(22)8-13(10)19(29)26-11-3-5-12(6-4-11)27-9-25-16(20(30)24-2)17(27)18(23)28/h3-9H,1-2H3,(H2,23,28)(H,24,30)(H,26,29). The first-order valence-corrected chi connectivity index (χ1v) is 8.69. The lowest BCUT2D eigenvalue weighted by molar-refractivity contribution is 0.0937. The van der Waals surface area contributed by atoms with Gasteiger partial charge in [-0.3, -0.25) is 19.0 Å². The van der Waals surface area contributed by atoms with Crippen molar-refractivity contribution in [1.82, 2.24) is 14.9 Å². The van der Waals surface area contributed by atoms with Crippen molar-refractivity contribution in [2.75, 3.05) is 12.4 Å². The second-order valence-corrected chi connectivity index (χ2v) is 6.34. The van der Waals surface area contributed by atoms with Crippen LogP contribution >= 0.6 is 0 Å². The summed E-state index contributed by atoms with van der Waals surface area (Å²) in [6.45, 7) is 1.50. The summed E-state index contributed by atoms with van der Waals surface area (Å²) < 4.78 is 28.0. The smallest absolute Gasteiger partial charge is 0.272 e. The molecule has 154 valence electrons. The Labute approximate surface area is 169 Å². The van der Waals surface area contributed by atoms with E-state index in [1.165, 1.54) is 37.0 Å². The Morgan fingerprint density at radius 2 is 1.67 bits per heavy atom. The molecule has 0 spiro atoms. The molecule has 0 saturated carbocycles. The molecule has 0 radical (unpaired) electrons. The number of anilines is 1. The fraction of sp³-hybridized carbons (Fsp3) is 0.100. The molecule has 0 aliphatic rings. The summed E-state index contributed by atoms with van der Waals surface area (Å²) in [4.78, 5) is 40.0. The van der Waals surface area contributed by atoms with Gasteiger partial charge in [0.25, 0.3) is 17.7 Å². The SMILES string of the molecule is CNC(=O)c1ncn(-c2ccc(NC(=O)c3cc(F)c(F)cc3C)cc2)c1C(N)=O. The molecule has 0 fully saturated rings. The maximum Gasteiger partial charge on any atom is 0.272 e. The molecule has 10 heteroatoms. The number of hydrogen-bond acceptors (Lipinski definition) is 4. The third kappa shape index (κ3) is 3.88. The maximum atomic E-state index is 13.5. The number of imidazole rings is 1. The zero-order chi connectivity index (χ0) is 22.0. The van der Waals surface area contributed by atoms with E-state index in [4.69, 9.17) is 5.73 Å². The quantitative estimate of drug-likeness (QED) is 0.594. The number of rotatable bonds is 5. The molecule has 3 amide bonds. The van der Waals surface area contributed by atoms with Gasteiger partial charge in [0.1, 0.15) is 12.0 Å². The van der Waals surface area contributed by atoms with E-state index in [0.29, 0.717) is 11.4 Å². The monoisotopic (exact) mass is 413 g/mol. The highest BCUT2D eigenvalue weighted by Gasteiger charge is 2.22. The summed E-state index contributed by atoms with van der Waals surface area (Å²) in [5.41, 5.74) is 6.31. The highest BCUT2D eigenvalue weighted by molar-refractivity contribution is 6.06. The number of carbonyl (C=O) groups excluding carboxylic acids is 3. The predicted molar refractivity (Wildman–Crippen MR) is 105 cm³/mol. The molecule has 0 aliphatic carbocycles. The van der Waals surface area contributed by atoms with E-state index in [1.54, 1.807) is 12.1 Å². The van der Waals surface area contributed by atoms with Gasteiger partial charge in [0.05, 0.1) is 0 Å². The Kier molecular flexibility index (Phi) is 5.58. The topological polar surface area (TPSA) is 119 Å². The number of amides is 3. The Balaban J connectivity index is 1.87. The molecule has 0 bridgehead atoms. The summed E-state index contributed by atoms with van der Waals surface area (Å²) in [7, 11) is 1.40. The molecular formula is C20H17F2N5O3. The Morgan fingerprint density at radius 3 is 2.27 bits per heavy atom. The summed E-state index contributed by atoms with van der Waals surface area (Å²) in [6.07, 6.45) is 1.28. The minimum atomic E-state index is -1.12. The predicted octanol–water partition coefficient (Wildman–Crippen LogP) is 2.17. The first kappa shape index (κ1) is 20.6. The zero-order valence-corrected chi connectivity index (χ0v) is 16.0. The molecular weight excluding hydrogens is 396 g/mol. The van der Waals surface area contributed by atoms with Crippen LogP contribution in [0.15, 0.2) is 42.7 Å². The van der Waals surface area contributed by atoms with Crippen LogP contribution in [0, 0.1) is 18.6 Å². The van der Waals surface area contributed by atoms with Gasteiger partial charge in [-0.15, -0.1) is 0 Å². The van der Waals surface area contributed by atoms with Gasteiger partial charge in [0.2, 0.25) is 0 Å². The van der Waals surface area contributed by atoms with Crippen LogP contribution in [0.4, 0.5) is 14.5 Å². The second kappa shape index (κ2) is 8.11. The van der Waals surface area contributed by atoms with Crippen molar-refractivity contribution in [1.29, 1.82) is 0 Å². The van der Waals surface area contributed by atoms with Crippen LogP contribution in [-0.4, -0.2) is 34.3 Å². The lowest BCUT2D eigenvalue weighted by atomic mass is 10.1. The molecule has 30 heavy (non-hydrogen) atoms. The van der Waals surface area contributed by atoms with Gasteiger partial charge in [-0.2, -0.15) is 0 Å². The molecule has 4 N–H and O–H groups in total. The van der Waals surface area contributed by atoms with Crippen LogP contribution in [0.5, 0.6) is 0 Å². The van der Waals surface area contributed by atoms with Crippen LogP contribution < -0.4 is 16.4 Å². The zero-order valence-electron chi connectivity index (χ0n) is 16.0. The molecule has 0 unspecified atom stereocenters. The van der Waals surface area contributed by atoms with Gasteiger partial charge in [-0.05, 0) is 48.9 Å². The van der Waals surface area contributed by atoms with Gasteiger partial charge in [-0.25, -0.2) is 13.8 Å². The van der Waals surface area contributed by atoms with Gasteiger partial charge < -0.3 is 16.4 Å². The fourth-order valence-corrected chi connectivity index (χ4v) is 2.86. The number of carbonyl (C=O) groups is 3. The Hall–Kier alpha value is -4.08. The molecule has 0 saturated heterocycles. The molecule has 1 heterocycles. The van der Waals surface area contributed by atoms with E-state index in [1.807, 2.05) is 0 Å². The number of nitrogens with two attached hydrogens (primary N) is 1. The van der Waals surface area contributed by atoms with Gasteiger partial charge in [0, 0.05) is 24.0 Å². The molecule has 8 nitrogen and oxygen atoms in total. The van der Waals surface area contributed by atoms with E-state index < -0.39 is 29.4 Å². The summed E-state index contributed by atoms with van der Waals surface area (Å²) in [5, 5.41) is 4.97. The Morgan fingerprint density at radius 1 is 1.03 bits per heavy atom. The number of hydrogen-bond donors (Lipinski definition) is 3. The number of aromatic nitrogens is 2. The van der Waals surface area contributed by atoms with E-state index in [2.05, 4.69) is 15.6 Å². The lowest BCUT2D eigenvalue weighted by Crippen LogP contribution is -2.25. The second-order valence-electron chi connectivity index (χ2n) is 6.34. The van der Waals surface area contributed by atoms with Gasteiger partial charge in [0.15, 0.2) is 17.3 Å². The van der Waals surface area contributed by atoms with E-state index in [9.17, 15) is 23.2 Å². The van der Waals surface area contributed by atoms with E-state index in [0.717, 1.165) is 12.1 Å². The van der Waals surface area contributed by atoms with Crippen LogP contribution in [-0.2, 0) is 0 Å². The van der Waals surface area contributed by atoms with E-state index in [-0.39, 0.29) is 22.5 Å². The highest BCUT2D eigenvalue weighted by Crippen LogP contribution is 2.20. The van der Waals surface area contributed by atoms with Gasteiger partial charge >= 0.3 is 0 Å².